The van der Waals surface area contributed by atoms with Gasteiger partial charge in [0.1, 0.15) is 6.61 Å². The van der Waals surface area contributed by atoms with E-state index in [0.29, 0.717) is 12.8 Å². The molecule has 0 aromatic carbocycles. The molecule has 0 aromatic heterocycles. The number of ketones is 1. The van der Waals surface area contributed by atoms with Gasteiger partial charge in [0.25, 0.3) is 5.91 Å². The Morgan fingerprint density at radius 2 is 2.11 bits per heavy atom. The van der Waals surface area contributed by atoms with Gasteiger partial charge >= 0.3 is 6.09 Å². The number of aliphatic hydroxyl groups is 2. The van der Waals surface area contributed by atoms with Crippen LogP contribution in [0.4, 0.5) is 4.79 Å². The third kappa shape index (κ3) is 4.62. The highest BCUT2D eigenvalue weighted by Gasteiger charge is 2.50. The first kappa shape index (κ1) is 23.0. The van der Waals surface area contributed by atoms with Crippen LogP contribution in [-0.4, -0.2) is 77.3 Å². The molecule has 4 atom stereocenters. The molecule has 10 heteroatoms. The number of aliphatic hydroxyl groups excluding tert-OH is 1. The third-order valence-electron chi connectivity index (χ3n) is 4.85. The molecular formula is C18H26BrNO8. The number of cyclic esters (lactones) is 1. The average Bonchev–Trinajstić information content (AvgIpc) is 3.02. The summed E-state index contributed by atoms with van der Waals surface area (Å²) in [6, 6.07) is -0.484. The Hall–Kier alpha value is -1.33. The molecule has 158 valence electrons. The zero-order valence-corrected chi connectivity index (χ0v) is 17.7. The number of ether oxygens (including phenoxy) is 3. The number of hydrogen-bond acceptors (Lipinski definition) is 8. The zero-order chi connectivity index (χ0) is 21.1. The second kappa shape index (κ2) is 9.45. The van der Waals surface area contributed by atoms with Crippen LogP contribution in [0, 0.1) is 5.92 Å². The summed E-state index contributed by atoms with van der Waals surface area (Å²) in [4.78, 5) is 38.5. The number of carbonyl (C=O) groups is 3. The highest BCUT2D eigenvalue weighted by molar-refractivity contribution is 9.11. The maximum atomic E-state index is 13.0. The van der Waals surface area contributed by atoms with Gasteiger partial charge in [0.2, 0.25) is 0 Å². The Kier molecular flexibility index (Phi) is 7.74. The molecule has 0 aromatic rings. The second-order valence-electron chi connectivity index (χ2n) is 7.15. The molecule has 2 heterocycles. The Morgan fingerprint density at radius 3 is 2.68 bits per heavy atom. The lowest BCUT2D eigenvalue weighted by atomic mass is 9.98. The molecule has 0 saturated carbocycles. The maximum Gasteiger partial charge on any atom is 0.417 e. The van der Waals surface area contributed by atoms with Crippen LogP contribution in [0.15, 0.2) is 10.6 Å². The SMILES string of the molecule is CO[C@@H](C(=O)N1C(=O)OC[C@H]1C(C)C)[C@@H]1O[C@@](O)(CCCCO)C(Br)=CC1=O. The van der Waals surface area contributed by atoms with Crippen LogP contribution in [0.5, 0.6) is 0 Å². The predicted octanol–water partition coefficient (Wildman–Crippen LogP) is 1.10. The number of rotatable bonds is 8. The minimum atomic E-state index is -1.84. The van der Waals surface area contributed by atoms with Crippen molar-refractivity contribution in [3.8, 4) is 0 Å². The monoisotopic (exact) mass is 463 g/mol. The second-order valence-corrected chi connectivity index (χ2v) is 8.01. The lowest BCUT2D eigenvalue weighted by molar-refractivity contribution is -0.227. The van der Waals surface area contributed by atoms with Crippen molar-refractivity contribution >= 4 is 33.7 Å². The van der Waals surface area contributed by atoms with Crippen molar-refractivity contribution in [1.29, 1.82) is 0 Å². The van der Waals surface area contributed by atoms with Gasteiger partial charge in [-0.05, 0) is 40.8 Å². The van der Waals surface area contributed by atoms with Crippen LogP contribution >= 0.6 is 15.9 Å². The van der Waals surface area contributed by atoms with E-state index in [0.717, 1.165) is 11.0 Å². The summed E-state index contributed by atoms with van der Waals surface area (Å²) in [5, 5.41) is 19.7. The predicted molar refractivity (Wildman–Crippen MR) is 100 cm³/mol. The van der Waals surface area contributed by atoms with Gasteiger partial charge in [0.15, 0.2) is 23.8 Å². The Bertz CT molecular complexity index is 651. The van der Waals surface area contributed by atoms with Gasteiger partial charge in [-0.3, -0.25) is 9.59 Å². The van der Waals surface area contributed by atoms with E-state index in [1.165, 1.54) is 7.11 Å². The van der Waals surface area contributed by atoms with Crippen LogP contribution < -0.4 is 0 Å². The molecular weight excluding hydrogens is 438 g/mol. The number of unbranched alkanes of at least 4 members (excludes halogenated alkanes) is 1. The van der Waals surface area contributed by atoms with Gasteiger partial charge in [-0.1, -0.05) is 13.8 Å². The molecule has 0 aliphatic carbocycles. The normalized spacial score (nSPS) is 29.1. The van der Waals surface area contributed by atoms with Crippen molar-refractivity contribution in [2.75, 3.05) is 20.3 Å². The number of imide groups is 1. The summed E-state index contributed by atoms with van der Waals surface area (Å²) >= 11 is 3.14. The van der Waals surface area contributed by atoms with Crippen molar-refractivity contribution in [2.45, 2.75) is 57.1 Å². The van der Waals surface area contributed by atoms with Crippen molar-refractivity contribution in [3.05, 3.63) is 10.6 Å². The van der Waals surface area contributed by atoms with Crippen LogP contribution in [0.2, 0.25) is 0 Å². The van der Waals surface area contributed by atoms with Crippen molar-refractivity contribution < 1.29 is 38.8 Å². The fourth-order valence-corrected chi connectivity index (χ4v) is 3.70. The topological polar surface area (TPSA) is 123 Å². The molecule has 28 heavy (non-hydrogen) atoms. The van der Waals surface area contributed by atoms with Crippen LogP contribution in [0.1, 0.15) is 33.1 Å². The van der Waals surface area contributed by atoms with E-state index in [4.69, 9.17) is 19.3 Å². The summed E-state index contributed by atoms with van der Waals surface area (Å²) < 4.78 is 15.9. The van der Waals surface area contributed by atoms with Gasteiger partial charge < -0.3 is 24.4 Å². The number of methoxy groups -OCH3 is 1. The molecule has 0 unspecified atom stereocenters. The van der Waals surface area contributed by atoms with E-state index in [9.17, 15) is 19.5 Å². The molecule has 0 spiro atoms. The molecule has 2 aliphatic rings. The molecule has 2 amide bonds. The number of halogens is 1. The van der Waals surface area contributed by atoms with Gasteiger partial charge in [0, 0.05) is 20.1 Å². The molecule has 2 aliphatic heterocycles. The molecule has 1 saturated heterocycles. The number of hydrogen-bond donors (Lipinski definition) is 2. The average molecular weight is 464 g/mol. The highest BCUT2D eigenvalue weighted by Crippen LogP contribution is 2.36. The molecule has 2 rings (SSSR count). The molecule has 0 bridgehead atoms. The quantitative estimate of drug-likeness (QED) is 0.513. The van der Waals surface area contributed by atoms with Crippen molar-refractivity contribution in [2.24, 2.45) is 5.92 Å². The number of amides is 2. The molecule has 0 radical (unpaired) electrons. The summed E-state index contributed by atoms with van der Waals surface area (Å²) in [6.45, 7) is 3.70. The first-order chi connectivity index (χ1) is 13.2. The van der Waals surface area contributed by atoms with E-state index >= 15 is 0 Å². The molecule has 9 nitrogen and oxygen atoms in total. The number of carbonyl (C=O) groups excluding carboxylic acids is 3. The Labute approximate surface area is 171 Å². The summed E-state index contributed by atoms with van der Waals surface area (Å²) in [5.41, 5.74) is 0. The fraction of sp³-hybridized carbons (Fsp3) is 0.722. The van der Waals surface area contributed by atoms with Crippen LogP contribution in [-0.2, 0) is 23.8 Å². The van der Waals surface area contributed by atoms with Gasteiger partial charge in [-0.2, -0.15) is 0 Å². The smallest absolute Gasteiger partial charge is 0.417 e. The van der Waals surface area contributed by atoms with Crippen molar-refractivity contribution in [3.63, 3.8) is 0 Å². The summed E-state index contributed by atoms with van der Waals surface area (Å²) in [5.74, 6) is -3.23. The lowest BCUT2D eigenvalue weighted by Crippen LogP contribution is -2.56. The standard InChI is InChI=1S/C18H26BrNO8/c1-10(2)11-9-27-17(24)20(11)16(23)15(26-3)14-12(22)8-13(19)18(25,28-14)6-4-5-7-21/h8,10-11,14-15,21,25H,4-7,9H2,1-3H3/t11-,14+,15+,18-/m0/s1. The van der Waals surface area contributed by atoms with Gasteiger partial charge in [0.05, 0.1) is 10.5 Å². The first-order valence-corrected chi connectivity index (χ1v) is 9.90. The maximum absolute atomic E-state index is 13.0. The third-order valence-corrected chi connectivity index (χ3v) is 5.70. The fourth-order valence-electron chi connectivity index (χ4n) is 3.18. The van der Waals surface area contributed by atoms with E-state index < -0.39 is 41.8 Å². The first-order valence-electron chi connectivity index (χ1n) is 9.11. The summed E-state index contributed by atoms with van der Waals surface area (Å²) in [7, 11) is 1.23. The lowest BCUT2D eigenvalue weighted by Gasteiger charge is -2.38. The Balaban J connectivity index is 2.26. The largest absolute Gasteiger partial charge is 0.447 e. The van der Waals surface area contributed by atoms with Crippen LogP contribution in [0.25, 0.3) is 0 Å². The number of nitrogens with zero attached hydrogens (tertiary/aromatic N) is 1. The van der Waals surface area contributed by atoms with E-state index in [1.807, 2.05) is 13.8 Å². The van der Waals surface area contributed by atoms with Crippen LogP contribution in [0.3, 0.4) is 0 Å². The van der Waals surface area contributed by atoms with Crippen molar-refractivity contribution in [1.82, 2.24) is 4.90 Å². The molecule has 2 N–H and O–H groups in total. The minimum Gasteiger partial charge on any atom is -0.447 e. The van der Waals surface area contributed by atoms with Gasteiger partial charge in [-0.15, -0.1) is 0 Å². The van der Waals surface area contributed by atoms with E-state index in [2.05, 4.69) is 15.9 Å². The summed E-state index contributed by atoms with van der Waals surface area (Å²) in [6.07, 6.45) is -1.55. The van der Waals surface area contributed by atoms with E-state index in [1.54, 1.807) is 0 Å². The molecule has 1 fully saturated rings. The highest BCUT2D eigenvalue weighted by atomic mass is 79.9. The minimum absolute atomic E-state index is 0.0490. The zero-order valence-electron chi connectivity index (χ0n) is 16.1. The van der Waals surface area contributed by atoms with Gasteiger partial charge in [-0.25, -0.2) is 9.69 Å². The Morgan fingerprint density at radius 1 is 1.43 bits per heavy atom. The van der Waals surface area contributed by atoms with E-state index in [-0.39, 0.29) is 30.0 Å².